The largest absolute Gasteiger partial charge is 0.403 e. The number of rotatable bonds is 4. The Hall–Kier alpha value is -1.41. The summed E-state index contributed by atoms with van der Waals surface area (Å²) in [7, 11) is -3.48. The molecule has 2 aromatic rings. The lowest BCUT2D eigenvalue weighted by molar-refractivity contribution is 0.573. The summed E-state index contributed by atoms with van der Waals surface area (Å²) < 4.78 is 31.7. The zero-order valence-electron chi connectivity index (χ0n) is 10.3. The smallest absolute Gasteiger partial charge is 0.329 e. The molecule has 0 atom stereocenters. The first-order valence-corrected chi connectivity index (χ1v) is 7.83. The van der Waals surface area contributed by atoms with Crippen molar-refractivity contribution in [1.29, 1.82) is 0 Å². The van der Waals surface area contributed by atoms with Gasteiger partial charge in [0.1, 0.15) is 0 Å². The minimum atomic E-state index is -3.48. The van der Waals surface area contributed by atoms with Crippen LogP contribution >= 0.6 is 15.9 Å². The van der Waals surface area contributed by atoms with E-state index in [1.165, 1.54) is 0 Å². The number of benzene rings is 1. The summed E-state index contributed by atoms with van der Waals surface area (Å²) in [4.78, 5) is 0. The molecule has 0 saturated heterocycles. The molecule has 1 aromatic carbocycles. The molecule has 0 aliphatic rings. The first-order valence-electron chi connectivity index (χ1n) is 5.49. The van der Waals surface area contributed by atoms with Crippen LogP contribution in [0.5, 0.6) is 0 Å². The summed E-state index contributed by atoms with van der Waals surface area (Å²) in [6.45, 7) is 3.13. The highest BCUT2D eigenvalue weighted by Gasteiger charge is 2.19. The fourth-order valence-electron chi connectivity index (χ4n) is 1.21. The molecule has 2 rings (SSSR count). The van der Waals surface area contributed by atoms with Crippen LogP contribution in [0, 0.1) is 0 Å². The van der Waals surface area contributed by atoms with Crippen molar-refractivity contribution in [2.45, 2.75) is 19.1 Å². The fourth-order valence-corrected chi connectivity index (χ4v) is 2.04. The molecule has 0 bridgehead atoms. The van der Waals surface area contributed by atoms with Crippen molar-refractivity contribution in [2.75, 3.05) is 4.72 Å². The minimum Gasteiger partial charge on any atom is -0.403 e. The summed E-state index contributed by atoms with van der Waals surface area (Å²) in [5.74, 6) is 0.258. The van der Waals surface area contributed by atoms with Crippen molar-refractivity contribution < 1.29 is 12.8 Å². The van der Waals surface area contributed by atoms with Gasteiger partial charge in [0, 0.05) is 10.0 Å². The van der Waals surface area contributed by atoms with Crippen LogP contribution in [-0.2, 0) is 10.0 Å². The SMILES string of the molecule is CC(C)S(=O)(=O)Nc1nnc(-c2ccc(Br)cc2)o1. The van der Waals surface area contributed by atoms with Gasteiger partial charge in [0.25, 0.3) is 0 Å². The lowest BCUT2D eigenvalue weighted by Crippen LogP contribution is -2.22. The Bertz CT molecular complexity index is 665. The van der Waals surface area contributed by atoms with Gasteiger partial charge in [-0.25, -0.2) is 13.1 Å². The van der Waals surface area contributed by atoms with E-state index in [4.69, 9.17) is 4.42 Å². The van der Waals surface area contributed by atoms with Crippen LogP contribution in [0.2, 0.25) is 0 Å². The van der Waals surface area contributed by atoms with Crippen molar-refractivity contribution in [3.63, 3.8) is 0 Å². The van der Waals surface area contributed by atoms with E-state index < -0.39 is 15.3 Å². The van der Waals surface area contributed by atoms with E-state index in [1.807, 2.05) is 12.1 Å². The van der Waals surface area contributed by atoms with Gasteiger partial charge >= 0.3 is 6.01 Å². The number of aromatic nitrogens is 2. The van der Waals surface area contributed by atoms with E-state index in [2.05, 4.69) is 30.8 Å². The second-order valence-electron chi connectivity index (χ2n) is 4.12. The number of hydrogen-bond donors (Lipinski definition) is 1. The second-order valence-corrected chi connectivity index (χ2v) is 7.27. The van der Waals surface area contributed by atoms with Gasteiger partial charge in [0.15, 0.2) is 0 Å². The third-order valence-electron chi connectivity index (χ3n) is 2.37. The van der Waals surface area contributed by atoms with E-state index >= 15 is 0 Å². The Kier molecular flexibility index (Phi) is 3.91. The number of hydrogen-bond acceptors (Lipinski definition) is 5. The zero-order chi connectivity index (χ0) is 14.0. The Morgan fingerprint density at radius 3 is 2.42 bits per heavy atom. The van der Waals surface area contributed by atoms with E-state index in [0.29, 0.717) is 5.56 Å². The number of halogens is 1. The van der Waals surface area contributed by atoms with Crippen molar-refractivity contribution >= 4 is 32.0 Å². The molecular weight excluding hydrogens is 334 g/mol. The molecule has 0 saturated carbocycles. The van der Waals surface area contributed by atoms with Crippen LogP contribution in [-0.4, -0.2) is 23.9 Å². The van der Waals surface area contributed by atoms with E-state index in [0.717, 1.165) is 4.47 Å². The predicted octanol–water partition coefficient (Wildman–Crippen LogP) is 2.65. The third kappa shape index (κ3) is 3.32. The molecule has 102 valence electrons. The summed E-state index contributed by atoms with van der Waals surface area (Å²) in [5.41, 5.74) is 0.714. The highest BCUT2D eigenvalue weighted by atomic mass is 79.9. The minimum absolute atomic E-state index is 0.133. The maximum atomic E-state index is 11.6. The lowest BCUT2D eigenvalue weighted by Gasteiger charge is -2.05. The van der Waals surface area contributed by atoms with Gasteiger partial charge in [0.05, 0.1) is 5.25 Å². The molecule has 0 fully saturated rings. The van der Waals surface area contributed by atoms with Crippen molar-refractivity contribution in [3.8, 4) is 11.5 Å². The molecule has 0 unspecified atom stereocenters. The van der Waals surface area contributed by atoms with Gasteiger partial charge in [-0.2, -0.15) is 0 Å². The maximum Gasteiger partial charge on any atom is 0.329 e. The Morgan fingerprint density at radius 1 is 1.21 bits per heavy atom. The topological polar surface area (TPSA) is 85.1 Å². The average Bonchev–Trinajstić information content (AvgIpc) is 2.77. The first-order chi connectivity index (χ1) is 8.88. The molecule has 8 heteroatoms. The molecule has 0 radical (unpaired) electrons. The zero-order valence-corrected chi connectivity index (χ0v) is 12.7. The molecule has 6 nitrogen and oxygen atoms in total. The molecule has 0 amide bonds. The normalized spacial score (nSPS) is 11.8. The maximum absolute atomic E-state index is 11.6. The molecular formula is C11H12BrN3O3S. The van der Waals surface area contributed by atoms with Crippen LogP contribution in [0.25, 0.3) is 11.5 Å². The second kappa shape index (κ2) is 5.30. The summed E-state index contributed by atoms with van der Waals surface area (Å²) in [6.07, 6.45) is 0. The molecule has 1 aromatic heterocycles. The number of nitrogens with zero attached hydrogens (tertiary/aromatic N) is 2. The van der Waals surface area contributed by atoms with Gasteiger partial charge < -0.3 is 4.42 Å². The van der Waals surface area contributed by atoms with Crippen molar-refractivity contribution in [3.05, 3.63) is 28.7 Å². The molecule has 1 N–H and O–H groups in total. The van der Waals surface area contributed by atoms with Crippen LogP contribution in [0.3, 0.4) is 0 Å². The van der Waals surface area contributed by atoms with Crippen LogP contribution in [0.15, 0.2) is 33.2 Å². The summed E-state index contributed by atoms with van der Waals surface area (Å²) >= 11 is 3.32. The highest BCUT2D eigenvalue weighted by Crippen LogP contribution is 2.22. The van der Waals surface area contributed by atoms with Gasteiger partial charge in [-0.1, -0.05) is 21.0 Å². The third-order valence-corrected chi connectivity index (χ3v) is 4.60. The average molecular weight is 346 g/mol. The Balaban J connectivity index is 2.22. The van der Waals surface area contributed by atoms with Gasteiger partial charge in [0.2, 0.25) is 15.9 Å². The molecule has 0 aliphatic carbocycles. The Labute approximate surface area is 119 Å². The van der Waals surface area contributed by atoms with Crippen molar-refractivity contribution in [1.82, 2.24) is 10.2 Å². The van der Waals surface area contributed by atoms with Gasteiger partial charge in [-0.3, -0.25) is 0 Å². The predicted molar refractivity (Wildman–Crippen MR) is 75.1 cm³/mol. The van der Waals surface area contributed by atoms with Crippen LogP contribution in [0.1, 0.15) is 13.8 Å². The number of sulfonamides is 1. The van der Waals surface area contributed by atoms with Crippen molar-refractivity contribution in [2.24, 2.45) is 0 Å². The molecule has 1 heterocycles. The lowest BCUT2D eigenvalue weighted by atomic mass is 10.2. The molecule has 0 aliphatic heterocycles. The molecule has 19 heavy (non-hydrogen) atoms. The van der Waals surface area contributed by atoms with Crippen LogP contribution in [0.4, 0.5) is 6.01 Å². The monoisotopic (exact) mass is 345 g/mol. The Morgan fingerprint density at radius 2 is 1.84 bits per heavy atom. The van der Waals surface area contributed by atoms with E-state index in [1.54, 1.807) is 26.0 Å². The van der Waals surface area contributed by atoms with E-state index in [-0.39, 0.29) is 11.9 Å². The quantitative estimate of drug-likeness (QED) is 0.920. The number of nitrogens with one attached hydrogen (secondary N) is 1. The number of anilines is 1. The van der Waals surface area contributed by atoms with E-state index in [9.17, 15) is 8.42 Å². The van der Waals surface area contributed by atoms with Gasteiger partial charge in [-0.15, -0.1) is 5.10 Å². The first kappa shape index (κ1) is 14.0. The fraction of sp³-hybridized carbons (Fsp3) is 0.273. The van der Waals surface area contributed by atoms with Gasteiger partial charge in [-0.05, 0) is 38.1 Å². The standard InChI is InChI=1S/C11H12BrN3O3S/c1-7(2)19(16,17)15-11-14-13-10(18-11)8-3-5-9(12)6-4-8/h3-7H,1-2H3,(H,14,15). The van der Waals surface area contributed by atoms with Crippen LogP contribution < -0.4 is 4.72 Å². The highest BCUT2D eigenvalue weighted by molar-refractivity contribution is 9.10. The summed E-state index contributed by atoms with van der Waals surface area (Å²) in [5, 5.41) is 6.89. The molecule has 0 spiro atoms. The summed E-state index contributed by atoms with van der Waals surface area (Å²) in [6, 6.07) is 7.11.